The molecule has 0 aliphatic rings. The van der Waals surface area contributed by atoms with Gasteiger partial charge < -0.3 is 16.0 Å². The van der Waals surface area contributed by atoms with Gasteiger partial charge in [0.1, 0.15) is 0 Å². The van der Waals surface area contributed by atoms with Crippen molar-refractivity contribution in [1.82, 2.24) is 16.0 Å². The fourth-order valence-electron chi connectivity index (χ4n) is 2.01. The summed E-state index contributed by atoms with van der Waals surface area (Å²) in [5.41, 5.74) is -0.497. The monoisotopic (exact) mass is 298 g/mol. The number of guanidine groups is 1. The fourth-order valence-corrected chi connectivity index (χ4v) is 2.01. The summed E-state index contributed by atoms with van der Waals surface area (Å²) < 4.78 is 0. The average molecular weight is 298 g/mol. The smallest absolute Gasteiger partial charge is 0.227 e. The summed E-state index contributed by atoms with van der Waals surface area (Å²) in [4.78, 5) is 16.3. The lowest BCUT2D eigenvalue weighted by atomic mass is 9.93. The molecule has 124 valence electrons. The van der Waals surface area contributed by atoms with Gasteiger partial charge in [0, 0.05) is 19.6 Å². The zero-order chi connectivity index (χ0) is 16.3. The van der Waals surface area contributed by atoms with Crippen LogP contribution >= 0.6 is 0 Å². The van der Waals surface area contributed by atoms with Crippen LogP contribution in [0.5, 0.6) is 0 Å². The van der Waals surface area contributed by atoms with E-state index in [1.54, 1.807) is 7.05 Å². The van der Waals surface area contributed by atoms with Gasteiger partial charge in [0.15, 0.2) is 5.96 Å². The number of rotatable bonds is 9. The molecule has 0 spiro atoms. The van der Waals surface area contributed by atoms with E-state index in [-0.39, 0.29) is 5.91 Å². The summed E-state index contributed by atoms with van der Waals surface area (Å²) in [6.45, 7) is 11.5. The van der Waals surface area contributed by atoms with Crippen molar-refractivity contribution in [2.24, 2.45) is 10.4 Å². The van der Waals surface area contributed by atoms with Crippen LogP contribution in [-0.4, -0.2) is 38.0 Å². The topological polar surface area (TPSA) is 65.5 Å². The SMILES string of the molecule is CCCCCC(C)NC(=NCC(C)(C)C(=O)NC)NCC. The predicted molar refractivity (Wildman–Crippen MR) is 90.6 cm³/mol. The molecule has 0 saturated carbocycles. The summed E-state index contributed by atoms with van der Waals surface area (Å²) >= 11 is 0. The highest BCUT2D eigenvalue weighted by molar-refractivity contribution is 5.83. The average Bonchev–Trinajstić information content (AvgIpc) is 2.44. The molecular weight excluding hydrogens is 264 g/mol. The zero-order valence-corrected chi connectivity index (χ0v) is 14.7. The molecular formula is C16H34N4O. The molecule has 0 rings (SSSR count). The van der Waals surface area contributed by atoms with Crippen LogP contribution in [0.4, 0.5) is 0 Å². The molecule has 5 heteroatoms. The van der Waals surface area contributed by atoms with Gasteiger partial charge in [0.05, 0.1) is 12.0 Å². The van der Waals surface area contributed by atoms with Gasteiger partial charge in [0.2, 0.25) is 5.91 Å². The van der Waals surface area contributed by atoms with Crippen molar-refractivity contribution in [1.29, 1.82) is 0 Å². The first kappa shape index (κ1) is 19.7. The Morgan fingerprint density at radius 3 is 2.43 bits per heavy atom. The van der Waals surface area contributed by atoms with Crippen molar-refractivity contribution >= 4 is 11.9 Å². The lowest BCUT2D eigenvalue weighted by Crippen LogP contribution is -2.44. The van der Waals surface area contributed by atoms with Gasteiger partial charge in [0.25, 0.3) is 0 Å². The van der Waals surface area contributed by atoms with Gasteiger partial charge in [-0.2, -0.15) is 0 Å². The second-order valence-corrected chi connectivity index (χ2v) is 6.20. The van der Waals surface area contributed by atoms with E-state index in [4.69, 9.17) is 0 Å². The van der Waals surface area contributed by atoms with Gasteiger partial charge in [-0.05, 0) is 34.1 Å². The number of nitrogens with one attached hydrogen (secondary N) is 3. The van der Waals surface area contributed by atoms with Crippen LogP contribution in [-0.2, 0) is 4.79 Å². The molecule has 0 saturated heterocycles. The number of hydrogen-bond donors (Lipinski definition) is 3. The van der Waals surface area contributed by atoms with Gasteiger partial charge in [-0.25, -0.2) is 0 Å². The Kier molecular flexibility index (Phi) is 9.84. The lowest BCUT2D eigenvalue weighted by Gasteiger charge is -2.22. The lowest BCUT2D eigenvalue weighted by molar-refractivity contribution is -0.128. The van der Waals surface area contributed by atoms with E-state index in [0.717, 1.165) is 18.9 Å². The second kappa shape index (κ2) is 10.5. The summed E-state index contributed by atoms with van der Waals surface area (Å²) in [7, 11) is 1.66. The van der Waals surface area contributed by atoms with Crippen LogP contribution in [0.1, 0.15) is 60.3 Å². The Morgan fingerprint density at radius 1 is 1.24 bits per heavy atom. The van der Waals surface area contributed by atoms with Gasteiger partial charge >= 0.3 is 0 Å². The highest BCUT2D eigenvalue weighted by atomic mass is 16.2. The maximum absolute atomic E-state index is 11.8. The molecule has 0 aromatic heterocycles. The number of hydrogen-bond acceptors (Lipinski definition) is 2. The van der Waals surface area contributed by atoms with Gasteiger partial charge in [-0.1, -0.05) is 26.2 Å². The van der Waals surface area contributed by atoms with Crippen molar-refractivity contribution in [2.45, 2.75) is 66.3 Å². The summed E-state index contributed by atoms with van der Waals surface area (Å²) in [5.74, 6) is 0.802. The van der Waals surface area contributed by atoms with E-state index in [0.29, 0.717) is 12.6 Å². The van der Waals surface area contributed by atoms with E-state index in [1.165, 1.54) is 19.3 Å². The molecule has 0 fully saturated rings. The minimum atomic E-state index is -0.497. The predicted octanol–water partition coefficient (Wildman–Crippen LogP) is 2.28. The second-order valence-electron chi connectivity index (χ2n) is 6.20. The van der Waals surface area contributed by atoms with Crippen molar-refractivity contribution in [3.05, 3.63) is 0 Å². The third-order valence-electron chi connectivity index (χ3n) is 3.44. The van der Waals surface area contributed by atoms with E-state index < -0.39 is 5.41 Å². The molecule has 1 unspecified atom stereocenters. The van der Waals surface area contributed by atoms with Crippen LogP contribution in [0.25, 0.3) is 0 Å². The molecule has 0 aromatic rings. The Hall–Kier alpha value is -1.26. The normalized spacial score (nSPS) is 13.7. The van der Waals surface area contributed by atoms with Crippen LogP contribution in [0.2, 0.25) is 0 Å². The Bertz CT molecular complexity index is 326. The molecule has 0 aromatic carbocycles. The molecule has 0 radical (unpaired) electrons. The van der Waals surface area contributed by atoms with E-state index >= 15 is 0 Å². The number of amides is 1. The van der Waals surface area contributed by atoms with E-state index in [9.17, 15) is 4.79 Å². The number of aliphatic imine (C=N–C) groups is 1. The van der Waals surface area contributed by atoms with Crippen LogP contribution < -0.4 is 16.0 Å². The van der Waals surface area contributed by atoms with Gasteiger partial charge in [-0.3, -0.25) is 9.79 Å². The number of carbonyl (C=O) groups excluding carboxylic acids is 1. The van der Waals surface area contributed by atoms with Crippen molar-refractivity contribution in [3.8, 4) is 0 Å². The first-order valence-corrected chi connectivity index (χ1v) is 8.14. The standard InChI is InChI=1S/C16H34N4O/c1-7-9-10-11-13(3)20-15(18-8-2)19-12-16(4,5)14(21)17-6/h13H,7-12H2,1-6H3,(H,17,21)(H2,18,19,20). The molecule has 21 heavy (non-hydrogen) atoms. The zero-order valence-electron chi connectivity index (χ0n) is 14.7. The van der Waals surface area contributed by atoms with Crippen LogP contribution in [0.3, 0.4) is 0 Å². The van der Waals surface area contributed by atoms with Crippen LogP contribution in [0.15, 0.2) is 4.99 Å². The van der Waals surface area contributed by atoms with E-state index in [1.807, 2.05) is 20.8 Å². The van der Waals surface area contributed by atoms with Gasteiger partial charge in [-0.15, -0.1) is 0 Å². The molecule has 0 aliphatic heterocycles. The Morgan fingerprint density at radius 2 is 1.90 bits per heavy atom. The van der Waals surface area contributed by atoms with Crippen molar-refractivity contribution in [3.63, 3.8) is 0 Å². The maximum Gasteiger partial charge on any atom is 0.227 e. The first-order chi connectivity index (χ1) is 9.87. The number of nitrogens with zero attached hydrogens (tertiary/aromatic N) is 1. The third-order valence-corrected chi connectivity index (χ3v) is 3.44. The quantitative estimate of drug-likeness (QED) is 0.347. The molecule has 0 aliphatic carbocycles. The first-order valence-electron chi connectivity index (χ1n) is 8.14. The van der Waals surface area contributed by atoms with E-state index in [2.05, 4.69) is 34.8 Å². The molecule has 0 bridgehead atoms. The number of unbranched alkanes of at least 4 members (excludes halogenated alkanes) is 2. The summed E-state index contributed by atoms with van der Waals surface area (Å²) in [5, 5.41) is 9.34. The molecule has 5 nitrogen and oxygen atoms in total. The summed E-state index contributed by atoms with van der Waals surface area (Å²) in [6.07, 6.45) is 4.87. The van der Waals surface area contributed by atoms with Crippen LogP contribution in [0, 0.1) is 5.41 Å². The molecule has 1 atom stereocenters. The fraction of sp³-hybridized carbons (Fsp3) is 0.875. The minimum Gasteiger partial charge on any atom is -0.359 e. The highest BCUT2D eigenvalue weighted by Gasteiger charge is 2.26. The third kappa shape index (κ3) is 8.58. The van der Waals surface area contributed by atoms with Crippen molar-refractivity contribution < 1.29 is 4.79 Å². The highest BCUT2D eigenvalue weighted by Crippen LogP contribution is 2.15. The molecule has 3 N–H and O–H groups in total. The van der Waals surface area contributed by atoms with Crippen molar-refractivity contribution in [2.75, 3.05) is 20.1 Å². The molecule has 0 heterocycles. The minimum absolute atomic E-state index is 0.0121. The molecule has 1 amide bonds. The Labute approximate surface area is 130 Å². The summed E-state index contributed by atoms with van der Waals surface area (Å²) in [6, 6.07) is 0.387. The maximum atomic E-state index is 11.8. The number of carbonyl (C=O) groups is 1. The largest absolute Gasteiger partial charge is 0.359 e. The Balaban J connectivity index is 4.52.